The molecule has 0 N–H and O–H groups in total. The smallest absolute Gasteiger partial charge is 0.223 e. The van der Waals surface area contributed by atoms with Gasteiger partial charge in [0.2, 0.25) is 5.88 Å². The maximum atomic E-state index is 5.75. The van der Waals surface area contributed by atoms with Crippen molar-refractivity contribution < 1.29 is 4.74 Å². The van der Waals surface area contributed by atoms with Crippen LogP contribution in [0.3, 0.4) is 0 Å². The van der Waals surface area contributed by atoms with Crippen LogP contribution in [0.2, 0.25) is 0 Å². The Balaban J connectivity index is 2.04. The molecule has 1 heterocycles. The quantitative estimate of drug-likeness (QED) is 0.603. The van der Waals surface area contributed by atoms with E-state index in [2.05, 4.69) is 29.0 Å². The van der Waals surface area contributed by atoms with Gasteiger partial charge in [-0.25, -0.2) is 4.98 Å². The van der Waals surface area contributed by atoms with Crippen LogP contribution in [0.4, 0.5) is 0 Å². The van der Waals surface area contributed by atoms with E-state index in [9.17, 15) is 0 Å². The van der Waals surface area contributed by atoms with E-state index >= 15 is 0 Å². The molecule has 0 aliphatic rings. The lowest BCUT2D eigenvalue weighted by molar-refractivity contribution is 0.437. The summed E-state index contributed by atoms with van der Waals surface area (Å²) >= 11 is 1.64. The lowest BCUT2D eigenvalue weighted by Crippen LogP contribution is -2.15. The second-order valence-electron chi connectivity index (χ2n) is 4.70. The molecule has 0 spiro atoms. The van der Waals surface area contributed by atoms with Crippen LogP contribution in [0.5, 0.6) is 11.6 Å². The number of benzene rings is 1. The van der Waals surface area contributed by atoms with Gasteiger partial charge < -0.3 is 9.64 Å². The van der Waals surface area contributed by atoms with Crippen molar-refractivity contribution in [3.05, 3.63) is 42.1 Å². The highest BCUT2D eigenvalue weighted by atomic mass is 32.2. The molecule has 2 rings (SSSR count). The molecule has 1 aromatic carbocycles. The van der Waals surface area contributed by atoms with Crippen molar-refractivity contribution in [2.45, 2.75) is 12.1 Å². The second kappa shape index (κ2) is 7.26. The Kier molecular flexibility index (Phi) is 5.38. The van der Waals surface area contributed by atoms with Crippen LogP contribution in [-0.2, 0) is 0 Å². The van der Waals surface area contributed by atoms with E-state index in [1.54, 1.807) is 11.8 Å². The molecule has 5 heteroatoms. The molecule has 20 heavy (non-hydrogen) atoms. The SMILES string of the molecule is Cc1cc(Oc2ccccc2)nc(SCCN(C)C)n1. The first-order chi connectivity index (χ1) is 9.63. The van der Waals surface area contributed by atoms with Gasteiger partial charge in [-0.15, -0.1) is 0 Å². The highest BCUT2D eigenvalue weighted by Gasteiger charge is 2.05. The number of aromatic nitrogens is 2. The van der Waals surface area contributed by atoms with Gasteiger partial charge in [-0.05, 0) is 33.2 Å². The fraction of sp³-hybridized carbons (Fsp3) is 0.333. The summed E-state index contributed by atoms with van der Waals surface area (Å²) < 4.78 is 5.75. The van der Waals surface area contributed by atoms with E-state index in [-0.39, 0.29) is 0 Å². The van der Waals surface area contributed by atoms with Crippen molar-refractivity contribution in [3.63, 3.8) is 0 Å². The van der Waals surface area contributed by atoms with Crippen molar-refractivity contribution in [2.75, 3.05) is 26.4 Å². The van der Waals surface area contributed by atoms with Crippen molar-refractivity contribution in [1.29, 1.82) is 0 Å². The first-order valence-electron chi connectivity index (χ1n) is 6.49. The lowest BCUT2D eigenvalue weighted by Gasteiger charge is -2.09. The molecule has 1 aromatic heterocycles. The number of thioether (sulfide) groups is 1. The first-order valence-corrected chi connectivity index (χ1v) is 7.48. The molecule has 0 aliphatic heterocycles. The molecule has 0 bridgehead atoms. The average Bonchev–Trinajstić information content (AvgIpc) is 2.38. The number of hydrogen-bond donors (Lipinski definition) is 0. The molecule has 0 unspecified atom stereocenters. The Bertz CT molecular complexity index is 546. The molecule has 0 radical (unpaired) electrons. The summed E-state index contributed by atoms with van der Waals surface area (Å²) in [7, 11) is 4.11. The summed E-state index contributed by atoms with van der Waals surface area (Å²) in [5.74, 6) is 2.34. The third kappa shape index (κ3) is 4.83. The molecule has 0 fully saturated rings. The Morgan fingerprint density at radius 2 is 1.90 bits per heavy atom. The fourth-order valence-corrected chi connectivity index (χ4v) is 2.56. The standard InChI is InChI=1S/C15H19N3OS/c1-12-11-14(19-13-7-5-4-6-8-13)17-15(16-12)20-10-9-18(2)3/h4-8,11H,9-10H2,1-3H3. The molecule has 2 aromatic rings. The number of ether oxygens (including phenoxy) is 1. The Labute approximate surface area is 124 Å². The minimum atomic E-state index is 0.594. The fourth-order valence-electron chi connectivity index (χ4n) is 1.56. The highest BCUT2D eigenvalue weighted by molar-refractivity contribution is 7.99. The molecule has 0 amide bonds. The minimum absolute atomic E-state index is 0.594. The minimum Gasteiger partial charge on any atom is -0.439 e. The Morgan fingerprint density at radius 1 is 1.15 bits per heavy atom. The summed E-state index contributed by atoms with van der Waals surface area (Å²) in [4.78, 5) is 11.0. The summed E-state index contributed by atoms with van der Waals surface area (Å²) in [6.07, 6.45) is 0. The maximum absolute atomic E-state index is 5.75. The summed E-state index contributed by atoms with van der Waals surface area (Å²) in [6.45, 7) is 2.95. The lowest BCUT2D eigenvalue weighted by atomic mass is 10.3. The van der Waals surface area contributed by atoms with Gasteiger partial charge in [0.15, 0.2) is 5.16 Å². The zero-order chi connectivity index (χ0) is 14.4. The van der Waals surface area contributed by atoms with Crippen molar-refractivity contribution in [1.82, 2.24) is 14.9 Å². The highest BCUT2D eigenvalue weighted by Crippen LogP contribution is 2.22. The molecule has 0 saturated heterocycles. The van der Waals surface area contributed by atoms with Gasteiger partial charge in [0, 0.05) is 24.1 Å². The zero-order valence-electron chi connectivity index (χ0n) is 12.0. The largest absolute Gasteiger partial charge is 0.439 e. The zero-order valence-corrected chi connectivity index (χ0v) is 12.9. The van der Waals surface area contributed by atoms with Gasteiger partial charge in [-0.3, -0.25) is 0 Å². The van der Waals surface area contributed by atoms with Crippen LogP contribution >= 0.6 is 11.8 Å². The number of hydrogen-bond acceptors (Lipinski definition) is 5. The van der Waals surface area contributed by atoms with E-state index < -0.39 is 0 Å². The molecule has 0 saturated carbocycles. The number of rotatable bonds is 6. The molecule has 106 valence electrons. The van der Waals surface area contributed by atoms with Gasteiger partial charge in [0.05, 0.1) is 0 Å². The summed E-state index contributed by atoms with van der Waals surface area (Å²) in [5.41, 5.74) is 0.915. The maximum Gasteiger partial charge on any atom is 0.223 e. The van der Waals surface area contributed by atoms with Crippen molar-refractivity contribution in [3.8, 4) is 11.6 Å². The van der Waals surface area contributed by atoms with E-state index in [0.717, 1.165) is 28.9 Å². The number of nitrogens with zero attached hydrogens (tertiary/aromatic N) is 3. The second-order valence-corrected chi connectivity index (χ2v) is 5.76. The van der Waals surface area contributed by atoms with Crippen LogP contribution in [0.1, 0.15) is 5.69 Å². The van der Waals surface area contributed by atoms with Gasteiger partial charge in [-0.1, -0.05) is 30.0 Å². The first kappa shape index (κ1) is 14.8. The molecular formula is C15H19N3OS. The van der Waals surface area contributed by atoms with Crippen LogP contribution in [-0.4, -0.2) is 41.3 Å². The van der Waals surface area contributed by atoms with E-state index in [1.807, 2.05) is 43.3 Å². The van der Waals surface area contributed by atoms with Gasteiger partial charge in [-0.2, -0.15) is 4.98 Å². The van der Waals surface area contributed by atoms with Crippen molar-refractivity contribution >= 4 is 11.8 Å². The topological polar surface area (TPSA) is 38.2 Å². The molecule has 0 aliphatic carbocycles. The normalized spacial score (nSPS) is 10.8. The van der Waals surface area contributed by atoms with Crippen LogP contribution in [0, 0.1) is 6.92 Å². The Morgan fingerprint density at radius 3 is 2.60 bits per heavy atom. The summed E-state index contributed by atoms with van der Waals surface area (Å²) in [6, 6.07) is 11.5. The van der Waals surface area contributed by atoms with Gasteiger partial charge >= 0.3 is 0 Å². The van der Waals surface area contributed by atoms with Crippen molar-refractivity contribution in [2.24, 2.45) is 0 Å². The monoisotopic (exact) mass is 289 g/mol. The predicted molar refractivity (Wildman–Crippen MR) is 82.6 cm³/mol. The van der Waals surface area contributed by atoms with Crippen LogP contribution in [0.25, 0.3) is 0 Å². The Hall–Kier alpha value is -1.59. The number of para-hydroxylation sites is 1. The van der Waals surface area contributed by atoms with Gasteiger partial charge in [0.25, 0.3) is 0 Å². The molecule has 0 atom stereocenters. The number of aryl methyl sites for hydroxylation is 1. The van der Waals surface area contributed by atoms with E-state index in [1.165, 1.54) is 0 Å². The van der Waals surface area contributed by atoms with Crippen LogP contribution < -0.4 is 4.74 Å². The van der Waals surface area contributed by atoms with Crippen LogP contribution in [0.15, 0.2) is 41.6 Å². The predicted octanol–water partition coefficient (Wildman–Crippen LogP) is 3.23. The third-order valence-electron chi connectivity index (χ3n) is 2.55. The van der Waals surface area contributed by atoms with Gasteiger partial charge in [0.1, 0.15) is 5.75 Å². The molecular weight excluding hydrogens is 270 g/mol. The molecule has 4 nitrogen and oxygen atoms in total. The third-order valence-corrected chi connectivity index (χ3v) is 3.37. The average molecular weight is 289 g/mol. The van der Waals surface area contributed by atoms with E-state index in [0.29, 0.717) is 5.88 Å². The van der Waals surface area contributed by atoms with E-state index in [4.69, 9.17) is 4.74 Å². The summed E-state index contributed by atoms with van der Waals surface area (Å²) in [5, 5.41) is 0.762.